The van der Waals surface area contributed by atoms with Gasteiger partial charge in [-0.2, -0.15) is 21.9 Å². The Hall–Kier alpha value is -2.86. The lowest BCUT2D eigenvalue weighted by Crippen LogP contribution is -2.00. The molecule has 0 aliphatic carbocycles. The fourth-order valence-corrected chi connectivity index (χ4v) is 3.72. The first-order chi connectivity index (χ1) is 13.0. The summed E-state index contributed by atoms with van der Waals surface area (Å²) in [5.41, 5.74) is 1.04. The highest BCUT2D eigenvalue weighted by molar-refractivity contribution is 7.86. The van der Waals surface area contributed by atoms with Gasteiger partial charge in [-0.15, -0.1) is 5.11 Å². The molecule has 3 aromatic rings. The Labute approximate surface area is 160 Å². The van der Waals surface area contributed by atoms with Gasteiger partial charge in [-0.05, 0) is 48.2 Å². The number of benzene rings is 3. The number of phenolic OH excluding ortho intramolecular Hbond substituents is 1. The first-order valence-electron chi connectivity index (χ1n) is 7.70. The van der Waals surface area contributed by atoms with E-state index in [0.717, 1.165) is 23.8 Å². The van der Waals surface area contributed by atoms with E-state index >= 15 is 0 Å². The smallest absolute Gasteiger partial charge is 0.298 e. The fourth-order valence-electron chi connectivity index (χ4n) is 2.59. The van der Waals surface area contributed by atoms with Crippen molar-refractivity contribution in [1.82, 2.24) is 0 Å². The predicted molar refractivity (Wildman–Crippen MR) is 101 cm³/mol. The fraction of sp³-hybridized carbons (Fsp3) is 0.0588. The van der Waals surface area contributed by atoms with Crippen molar-refractivity contribution in [3.05, 3.63) is 54.1 Å². The molecular weight excluding hydrogens is 408 g/mol. The van der Waals surface area contributed by atoms with Crippen LogP contribution in [0, 0.1) is 6.92 Å². The zero-order chi connectivity index (χ0) is 20.7. The molecule has 9 nitrogen and oxygen atoms in total. The molecule has 0 spiro atoms. The van der Waals surface area contributed by atoms with Crippen LogP contribution in [0.2, 0.25) is 0 Å². The summed E-state index contributed by atoms with van der Waals surface area (Å²) >= 11 is 0. The van der Waals surface area contributed by atoms with E-state index in [-0.39, 0.29) is 16.5 Å². The zero-order valence-corrected chi connectivity index (χ0v) is 15.9. The van der Waals surface area contributed by atoms with Gasteiger partial charge in [-0.1, -0.05) is 18.2 Å². The SMILES string of the molecule is Cc1cccc(N=Nc2c(O)c(S(=O)(=O)O)cc3cc(S(=O)(=O)O)ccc23)c1. The number of hydrogen-bond donors (Lipinski definition) is 3. The van der Waals surface area contributed by atoms with E-state index < -0.39 is 35.8 Å². The second-order valence-electron chi connectivity index (χ2n) is 5.94. The molecule has 0 bridgehead atoms. The summed E-state index contributed by atoms with van der Waals surface area (Å²) in [5.74, 6) is -0.842. The minimum Gasteiger partial charge on any atom is -0.504 e. The van der Waals surface area contributed by atoms with Crippen LogP contribution in [0.4, 0.5) is 11.4 Å². The van der Waals surface area contributed by atoms with Gasteiger partial charge in [-0.25, -0.2) is 0 Å². The zero-order valence-electron chi connectivity index (χ0n) is 14.3. The number of hydrogen-bond acceptors (Lipinski definition) is 7. The molecule has 146 valence electrons. The highest BCUT2D eigenvalue weighted by Crippen LogP contribution is 2.41. The minimum atomic E-state index is -4.85. The van der Waals surface area contributed by atoms with Crippen LogP contribution in [-0.2, 0) is 20.2 Å². The lowest BCUT2D eigenvalue weighted by Gasteiger charge is -2.09. The molecule has 3 rings (SSSR count). The van der Waals surface area contributed by atoms with Crippen molar-refractivity contribution in [3.8, 4) is 5.75 Å². The second-order valence-corrected chi connectivity index (χ2v) is 8.76. The van der Waals surface area contributed by atoms with Crippen molar-refractivity contribution in [1.29, 1.82) is 0 Å². The molecule has 0 heterocycles. The van der Waals surface area contributed by atoms with Crippen LogP contribution in [0.5, 0.6) is 5.75 Å². The van der Waals surface area contributed by atoms with Gasteiger partial charge in [0.05, 0.1) is 10.6 Å². The Morgan fingerprint density at radius 2 is 1.57 bits per heavy atom. The largest absolute Gasteiger partial charge is 0.504 e. The average Bonchev–Trinajstić information content (AvgIpc) is 2.58. The van der Waals surface area contributed by atoms with Gasteiger partial charge in [0, 0.05) is 5.39 Å². The summed E-state index contributed by atoms with van der Waals surface area (Å²) in [6.07, 6.45) is 0. The molecule has 28 heavy (non-hydrogen) atoms. The van der Waals surface area contributed by atoms with Crippen molar-refractivity contribution in [2.75, 3.05) is 0 Å². The van der Waals surface area contributed by atoms with E-state index in [0.29, 0.717) is 5.69 Å². The monoisotopic (exact) mass is 422 g/mol. The maximum absolute atomic E-state index is 11.6. The maximum atomic E-state index is 11.6. The number of aryl methyl sites for hydroxylation is 1. The highest BCUT2D eigenvalue weighted by Gasteiger charge is 2.22. The Bertz CT molecular complexity index is 1330. The van der Waals surface area contributed by atoms with E-state index in [1.165, 1.54) is 6.07 Å². The Morgan fingerprint density at radius 1 is 0.857 bits per heavy atom. The summed E-state index contributed by atoms with van der Waals surface area (Å²) in [5, 5.41) is 18.3. The van der Waals surface area contributed by atoms with Crippen molar-refractivity contribution in [2.24, 2.45) is 10.2 Å². The van der Waals surface area contributed by atoms with E-state index in [1.807, 2.05) is 13.0 Å². The molecule has 0 aliphatic heterocycles. The van der Waals surface area contributed by atoms with Gasteiger partial charge in [0.25, 0.3) is 20.2 Å². The lowest BCUT2D eigenvalue weighted by atomic mass is 10.1. The van der Waals surface area contributed by atoms with Crippen LogP contribution in [0.3, 0.4) is 0 Å². The van der Waals surface area contributed by atoms with Gasteiger partial charge in [-0.3, -0.25) is 9.11 Å². The third-order valence-corrected chi connectivity index (χ3v) is 5.58. The van der Waals surface area contributed by atoms with E-state index in [2.05, 4.69) is 10.2 Å². The van der Waals surface area contributed by atoms with Gasteiger partial charge < -0.3 is 5.11 Å². The van der Waals surface area contributed by atoms with E-state index in [1.54, 1.807) is 18.2 Å². The first-order valence-corrected chi connectivity index (χ1v) is 10.6. The van der Waals surface area contributed by atoms with Crippen LogP contribution >= 0.6 is 0 Å². The molecule has 3 N–H and O–H groups in total. The topological polar surface area (TPSA) is 154 Å². The molecule has 0 amide bonds. The molecule has 0 unspecified atom stereocenters. The van der Waals surface area contributed by atoms with Crippen molar-refractivity contribution in [2.45, 2.75) is 16.7 Å². The van der Waals surface area contributed by atoms with Gasteiger partial charge >= 0.3 is 0 Å². The summed E-state index contributed by atoms with van der Waals surface area (Å²) in [6, 6.07) is 11.1. The molecule has 0 aromatic heterocycles. The lowest BCUT2D eigenvalue weighted by molar-refractivity contribution is 0.445. The normalized spacial score (nSPS) is 12.7. The van der Waals surface area contributed by atoms with E-state index in [4.69, 9.17) is 0 Å². The van der Waals surface area contributed by atoms with E-state index in [9.17, 15) is 31.0 Å². The van der Waals surface area contributed by atoms with Crippen molar-refractivity contribution in [3.63, 3.8) is 0 Å². The third kappa shape index (κ3) is 4.02. The number of aromatic hydroxyl groups is 1. The Morgan fingerprint density at radius 3 is 2.18 bits per heavy atom. The number of phenols is 1. The average molecular weight is 422 g/mol. The highest BCUT2D eigenvalue weighted by atomic mass is 32.2. The maximum Gasteiger partial charge on any atom is 0.298 e. The Kier molecular flexibility index (Phi) is 4.93. The molecule has 11 heteroatoms. The van der Waals surface area contributed by atoms with Gasteiger partial charge in [0.15, 0.2) is 5.75 Å². The molecule has 0 saturated heterocycles. The quantitative estimate of drug-likeness (QED) is 0.427. The summed E-state index contributed by atoms with van der Waals surface area (Å²) in [6.45, 7) is 1.84. The summed E-state index contributed by atoms with van der Waals surface area (Å²) in [4.78, 5) is -1.36. The first kappa shape index (κ1) is 19.9. The van der Waals surface area contributed by atoms with Crippen LogP contribution < -0.4 is 0 Å². The van der Waals surface area contributed by atoms with Crippen molar-refractivity contribution >= 4 is 42.4 Å². The second kappa shape index (κ2) is 6.95. The third-order valence-electron chi connectivity index (χ3n) is 3.87. The minimum absolute atomic E-state index is 0.00116. The number of rotatable bonds is 4. The molecule has 0 fully saturated rings. The van der Waals surface area contributed by atoms with Gasteiger partial charge in [0.2, 0.25) is 0 Å². The molecule has 0 aliphatic rings. The number of nitrogens with zero attached hydrogens (tertiary/aromatic N) is 2. The van der Waals surface area contributed by atoms with Crippen molar-refractivity contribution < 1.29 is 31.0 Å². The summed E-state index contributed by atoms with van der Waals surface area (Å²) < 4.78 is 64.5. The van der Waals surface area contributed by atoms with Crippen LogP contribution in [0.1, 0.15) is 5.56 Å². The molecule has 0 radical (unpaired) electrons. The molecular formula is C17H14N2O7S2. The number of azo groups is 1. The number of fused-ring (bicyclic) bond motifs is 1. The van der Waals surface area contributed by atoms with Gasteiger partial charge in [0.1, 0.15) is 10.6 Å². The van der Waals surface area contributed by atoms with Crippen LogP contribution in [0.25, 0.3) is 10.8 Å². The van der Waals surface area contributed by atoms with Crippen LogP contribution in [-0.4, -0.2) is 31.0 Å². The molecule has 0 atom stereocenters. The Balaban J connectivity index is 2.31. The predicted octanol–water partition coefficient (Wildman–Crippen LogP) is 3.76. The summed E-state index contributed by atoms with van der Waals surface area (Å²) in [7, 11) is -9.40. The molecule has 3 aromatic carbocycles. The molecule has 0 saturated carbocycles. The standard InChI is InChI=1S/C17H14N2O7S2/c1-10-3-2-4-12(7-10)18-19-16-14-6-5-13(27(21,22)23)8-11(14)9-15(17(16)20)28(24,25)26/h2-9,20H,1H3,(H,21,22,23)(H,24,25,26). The van der Waals surface area contributed by atoms with Crippen LogP contribution in [0.15, 0.2) is 68.6 Å².